The molecule has 1 aromatic carbocycles. The van der Waals surface area contributed by atoms with Crippen molar-refractivity contribution in [1.82, 2.24) is 4.90 Å². The molecule has 1 aromatic rings. The van der Waals surface area contributed by atoms with Crippen LogP contribution in [-0.2, 0) is 27.5 Å². The maximum Gasteiger partial charge on any atom is 0.338 e. The van der Waals surface area contributed by atoms with E-state index in [1.54, 1.807) is 24.3 Å². The van der Waals surface area contributed by atoms with Crippen molar-refractivity contribution in [1.29, 1.82) is 0 Å². The Morgan fingerprint density at radius 3 is 1.90 bits per heavy atom. The number of nitrogens with two attached hydrogens (primary N) is 1. The molecule has 0 spiro atoms. The summed E-state index contributed by atoms with van der Waals surface area (Å²) in [5, 5.41) is 17.9. The minimum absolute atomic E-state index is 0.0938. The highest BCUT2D eigenvalue weighted by Crippen LogP contribution is 2.11. The number of amides is 1. The molecule has 0 aliphatic heterocycles. The van der Waals surface area contributed by atoms with Gasteiger partial charge in [0.05, 0.1) is 0 Å². The Morgan fingerprint density at radius 2 is 1.55 bits per heavy atom. The van der Waals surface area contributed by atoms with E-state index in [0.717, 1.165) is 17.4 Å². The second-order valence-corrected chi connectivity index (χ2v) is 4.25. The van der Waals surface area contributed by atoms with Gasteiger partial charge in [0.2, 0.25) is 11.9 Å². The molecule has 7 heteroatoms. The molecule has 0 fully saturated rings. The first kappa shape index (κ1) is 15.6. The van der Waals surface area contributed by atoms with Gasteiger partial charge in [0.15, 0.2) is 0 Å². The number of hydrogen-bond acceptors (Lipinski definition) is 4. The number of carbonyl (C=O) groups excluding carboxylic acids is 1. The van der Waals surface area contributed by atoms with Gasteiger partial charge in [-0.05, 0) is 11.1 Å². The molecular weight excluding hydrogens is 264 g/mol. The summed E-state index contributed by atoms with van der Waals surface area (Å²) in [5.74, 6) is -3.78. The van der Waals surface area contributed by atoms with Gasteiger partial charge in [-0.25, -0.2) is 9.59 Å². The van der Waals surface area contributed by atoms with Crippen molar-refractivity contribution in [2.75, 3.05) is 0 Å². The summed E-state index contributed by atoms with van der Waals surface area (Å²) in [7, 11) is 0. The number of carboxylic acid groups (broad SMARTS) is 2. The lowest BCUT2D eigenvalue weighted by atomic mass is 10.1. The maximum atomic E-state index is 11.5. The topological polar surface area (TPSA) is 121 Å². The van der Waals surface area contributed by atoms with Crippen molar-refractivity contribution in [2.24, 2.45) is 5.73 Å². The fraction of sp³-hybridized carbons (Fsp3) is 0.308. The summed E-state index contributed by atoms with van der Waals surface area (Å²) in [6.07, 6.45) is 0. The zero-order valence-corrected chi connectivity index (χ0v) is 10.9. The first-order chi connectivity index (χ1) is 9.36. The van der Waals surface area contributed by atoms with Crippen LogP contribution in [0.15, 0.2) is 24.3 Å². The lowest BCUT2D eigenvalue weighted by molar-refractivity contribution is -0.161. The van der Waals surface area contributed by atoms with Crippen LogP contribution >= 0.6 is 0 Å². The molecule has 0 aliphatic carbocycles. The summed E-state index contributed by atoms with van der Waals surface area (Å²) in [4.78, 5) is 34.3. The molecule has 1 rings (SSSR count). The van der Waals surface area contributed by atoms with Crippen LogP contribution in [0.5, 0.6) is 0 Å². The van der Waals surface area contributed by atoms with Crippen LogP contribution in [0.4, 0.5) is 0 Å². The Bertz CT molecular complexity index is 498. The first-order valence-corrected chi connectivity index (χ1v) is 5.87. The molecule has 0 unspecified atom stereocenters. The number of nitrogens with zero attached hydrogens (tertiary/aromatic N) is 1. The molecule has 4 N–H and O–H groups in total. The van der Waals surface area contributed by atoms with Gasteiger partial charge in [-0.2, -0.15) is 0 Å². The first-order valence-electron chi connectivity index (χ1n) is 5.87. The summed E-state index contributed by atoms with van der Waals surface area (Å²) < 4.78 is 0. The van der Waals surface area contributed by atoms with Crippen molar-refractivity contribution >= 4 is 17.8 Å². The molecule has 0 radical (unpaired) electrons. The predicted molar refractivity (Wildman–Crippen MR) is 69.6 cm³/mol. The van der Waals surface area contributed by atoms with Crippen LogP contribution < -0.4 is 5.73 Å². The SMILES string of the molecule is CC(=O)N(Cc1ccc(CN)cc1)C(C(=O)O)C(=O)O. The molecule has 0 aliphatic rings. The second kappa shape index (κ2) is 6.67. The third-order valence-corrected chi connectivity index (χ3v) is 2.80. The van der Waals surface area contributed by atoms with E-state index in [4.69, 9.17) is 15.9 Å². The van der Waals surface area contributed by atoms with E-state index in [-0.39, 0.29) is 6.54 Å². The van der Waals surface area contributed by atoms with Crippen LogP contribution in [0, 0.1) is 0 Å². The smallest absolute Gasteiger partial charge is 0.338 e. The van der Waals surface area contributed by atoms with Gasteiger partial charge >= 0.3 is 11.9 Å². The van der Waals surface area contributed by atoms with E-state index in [1.807, 2.05) is 0 Å². The highest BCUT2D eigenvalue weighted by molar-refractivity contribution is 6.00. The van der Waals surface area contributed by atoms with Gasteiger partial charge in [0.25, 0.3) is 0 Å². The van der Waals surface area contributed by atoms with Crippen molar-refractivity contribution < 1.29 is 24.6 Å². The maximum absolute atomic E-state index is 11.5. The van der Waals surface area contributed by atoms with Gasteiger partial charge in [0, 0.05) is 20.0 Å². The van der Waals surface area contributed by atoms with Crippen LogP contribution in [0.2, 0.25) is 0 Å². The minimum Gasteiger partial charge on any atom is -0.479 e. The molecular formula is C13H16N2O5. The van der Waals surface area contributed by atoms with Gasteiger partial charge < -0.3 is 20.8 Å². The zero-order chi connectivity index (χ0) is 15.3. The van der Waals surface area contributed by atoms with E-state index < -0.39 is 23.9 Å². The predicted octanol–water partition coefficient (Wildman–Crippen LogP) is 0.0316. The highest BCUT2D eigenvalue weighted by atomic mass is 16.4. The van der Waals surface area contributed by atoms with E-state index in [1.165, 1.54) is 0 Å². The summed E-state index contributed by atoms with van der Waals surface area (Å²) >= 11 is 0. The zero-order valence-electron chi connectivity index (χ0n) is 10.9. The third kappa shape index (κ3) is 3.79. The molecule has 0 heterocycles. The monoisotopic (exact) mass is 280 g/mol. The average Bonchev–Trinajstić information content (AvgIpc) is 2.37. The van der Waals surface area contributed by atoms with E-state index in [0.29, 0.717) is 12.1 Å². The molecule has 7 nitrogen and oxygen atoms in total. The highest BCUT2D eigenvalue weighted by Gasteiger charge is 2.34. The molecule has 0 aromatic heterocycles. The van der Waals surface area contributed by atoms with Gasteiger partial charge in [-0.1, -0.05) is 24.3 Å². The number of aliphatic carboxylic acids is 2. The number of hydrogen-bond donors (Lipinski definition) is 3. The van der Waals surface area contributed by atoms with E-state index in [9.17, 15) is 14.4 Å². The van der Waals surface area contributed by atoms with Crippen LogP contribution in [0.3, 0.4) is 0 Å². The van der Waals surface area contributed by atoms with E-state index >= 15 is 0 Å². The number of carbonyl (C=O) groups is 3. The largest absolute Gasteiger partial charge is 0.479 e. The molecule has 0 atom stereocenters. The minimum atomic E-state index is -1.90. The molecule has 0 saturated carbocycles. The van der Waals surface area contributed by atoms with Crippen LogP contribution in [0.25, 0.3) is 0 Å². The number of benzene rings is 1. The van der Waals surface area contributed by atoms with Crippen molar-refractivity contribution in [3.63, 3.8) is 0 Å². The lowest BCUT2D eigenvalue weighted by Gasteiger charge is -2.25. The van der Waals surface area contributed by atoms with E-state index in [2.05, 4.69) is 0 Å². The van der Waals surface area contributed by atoms with Crippen LogP contribution in [0.1, 0.15) is 18.1 Å². The molecule has 0 saturated heterocycles. The normalized spacial score (nSPS) is 10.3. The van der Waals surface area contributed by atoms with Crippen molar-refractivity contribution in [3.05, 3.63) is 35.4 Å². The summed E-state index contributed by atoms with van der Waals surface area (Å²) in [6.45, 7) is 1.40. The molecule has 0 bridgehead atoms. The lowest BCUT2D eigenvalue weighted by Crippen LogP contribution is -2.48. The Balaban J connectivity index is 2.99. The standard InChI is InChI=1S/C13H16N2O5/c1-8(16)15(11(12(17)18)13(19)20)7-10-4-2-9(6-14)3-5-10/h2-5,11H,6-7,14H2,1H3,(H,17,18)(H,19,20). The average molecular weight is 280 g/mol. The number of carboxylic acids is 2. The Labute approximate surface area is 115 Å². The third-order valence-electron chi connectivity index (χ3n) is 2.80. The summed E-state index contributed by atoms with van der Waals surface area (Å²) in [6, 6.07) is 4.94. The fourth-order valence-electron chi connectivity index (χ4n) is 1.73. The molecule has 1 amide bonds. The molecule has 108 valence electrons. The number of rotatable bonds is 6. The van der Waals surface area contributed by atoms with Crippen molar-refractivity contribution in [2.45, 2.75) is 26.1 Å². The molecule has 20 heavy (non-hydrogen) atoms. The van der Waals surface area contributed by atoms with Gasteiger partial charge in [-0.15, -0.1) is 0 Å². The van der Waals surface area contributed by atoms with Gasteiger partial charge in [-0.3, -0.25) is 4.79 Å². The van der Waals surface area contributed by atoms with Crippen LogP contribution in [-0.4, -0.2) is 39.0 Å². The summed E-state index contributed by atoms with van der Waals surface area (Å²) in [5.41, 5.74) is 6.97. The Hall–Kier alpha value is -2.41. The fourth-order valence-corrected chi connectivity index (χ4v) is 1.73. The van der Waals surface area contributed by atoms with Gasteiger partial charge in [0.1, 0.15) is 0 Å². The van der Waals surface area contributed by atoms with Crippen molar-refractivity contribution in [3.8, 4) is 0 Å². The Kier molecular flexibility index (Phi) is 5.22. The Morgan fingerprint density at radius 1 is 1.10 bits per heavy atom. The second-order valence-electron chi connectivity index (χ2n) is 4.25. The quantitative estimate of drug-likeness (QED) is 0.632.